The summed E-state index contributed by atoms with van der Waals surface area (Å²) in [4.78, 5) is 21.8. The van der Waals surface area contributed by atoms with Crippen LogP contribution in [0.2, 0.25) is 0 Å². The maximum Gasteiger partial charge on any atom is 0.426 e. The molecule has 14 heavy (non-hydrogen) atoms. The van der Waals surface area contributed by atoms with Crippen LogP contribution in [0.3, 0.4) is 0 Å². The van der Waals surface area contributed by atoms with Crippen LogP contribution >= 0.6 is 0 Å². The molecular weight excluding hydrogens is 186 g/mol. The summed E-state index contributed by atoms with van der Waals surface area (Å²) < 4.78 is 4.53. The minimum atomic E-state index is -0.684. The highest BCUT2D eigenvalue weighted by molar-refractivity contribution is 5.77. The smallest absolute Gasteiger partial charge is 0.426 e. The van der Waals surface area contributed by atoms with Gasteiger partial charge in [0.2, 0.25) is 0 Å². The molecule has 3 N–H and O–H groups in total. The van der Waals surface area contributed by atoms with Gasteiger partial charge >= 0.3 is 12.1 Å². The molecule has 0 rings (SSSR count). The van der Waals surface area contributed by atoms with Crippen LogP contribution in [-0.2, 0) is 4.74 Å². The van der Waals surface area contributed by atoms with E-state index in [1.807, 2.05) is 20.8 Å². The van der Waals surface area contributed by atoms with E-state index in [9.17, 15) is 9.59 Å². The van der Waals surface area contributed by atoms with Crippen molar-refractivity contribution in [1.29, 1.82) is 0 Å². The molecule has 0 unspecified atom stereocenters. The van der Waals surface area contributed by atoms with Gasteiger partial charge in [0.05, 0.1) is 6.61 Å². The average molecular weight is 203 g/mol. The highest BCUT2D eigenvalue weighted by Gasteiger charge is 2.13. The zero-order valence-corrected chi connectivity index (χ0v) is 8.93. The van der Waals surface area contributed by atoms with E-state index in [1.54, 1.807) is 6.92 Å². The Morgan fingerprint density at radius 1 is 1.21 bits per heavy atom. The van der Waals surface area contributed by atoms with E-state index in [1.165, 1.54) is 0 Å². The van der Waals surface area contributed by atoms with E-state index in [2.05, 4.69) is 20.9 Å². The van der Waals surface area contributed by atoms with Crippen LogP contribution in [0.5, 0.6) is 0 Å². The largest absolute Gasteiger partial charge is 0.449 e. The first-order valence-electron chi connectivity index (χ1n) is 4.36. The molecule has 0 aliphatic heterocycles. The highest BCUT2D eigenvalue weighted by Crippen LogP contribution is 1.96. The molecule has 0 heterocycles. The number of hydrogen-bond acceptors (Lipinski definition) is 3. The van der Waals surface area contributed by atoms with E-state index in [-0.39, 0.29) is 12.1 Å². The lowest BCUT2D eigenvalue weighted by molar-refractivity contribution is 0.146. The number of amides is 3. The van der Waals surface area contributed by atoms with Gasteiger partial charge in [-0.3, -0.25) is 0 Å². The predicted molar refractivity (Wildman–Crippen MR) is 51.6 cm³/mol. The fourth-order valence-corrected chi connectivity index (χ4v) is 0.647. The average Bonchev–Trinajstić information content (AvgIpc) is 1.98. The van der Waals surface area contributed by atoms with Crippen LogP contribution < -0.4 is 16.2 Å². The van der Waals surface area contributed by atoms with Gasteiger partial charge in [-0.05, 0) is 27.7 Å². The summed E-state index contributed by atoms with van der Waals surface area (Å²) in [5, 5.41) is 2.60. The maximum atomic E-state index is 11.1. The Hall–Kier alpha value is -1.46. The summed E-state index contributed by atoms with van der Waals surface area (Å²) in [6.45, 7) is 7.42. The van der Waals surface area contributed by atoms with Crippen LogP contribution in [0.1, 0.15) is 27.7 Å². The standard InChI is InChI=1S/C8H17N3O3/c1-5-14-7(13)11-10-6(12)9-8(2,3)4/h5H2,1-4H3,(H,11,13)(H2,9,10,12). The lowest BCUT2D eigenvalue weighted by Gasteiger charge is -2.20. The monoisotopic (exact) mass is 203 g/mol. The van der Waals surface area contributed by atoms with Gasteiger partial charge in [0.25, 0.3) is 0 Å². The summed E-state index contributed by atoms with van der Waals surface area (Å²) in [5.41, 5.74) is 3.89. The normalized spacial score (nSPS) is 10.3. The quantitative estimate of drug-likeness (QED) is 0.550. The molecule has 0 saturated heterocycles. The lowest BCUT2D eigenvalue weighted by Crippen LogP contribution is -2.52. The first kappa shape index (κ1) is 12.5. The maximum absolute atomic E-state index is 11.1. The Bertz CT molecular complexity index is 210. The number of hydrazine groups is 1. The van der Waals surface area contributed by atoms with Gasteiger partial charge in [-0.25, -0.2) is 20.4 Å². The predicted octanol–water partition coefficient (Wildman–Crippen LogP) is 0.745. The summed E-state index contributed by atoms with van der Waals surface area (Å²) >= 11 is 0. The number of carbonyl (C=O) groups excluding carboxylic acids is 2. The second-order valence-electron chi connectivity index (χ2n) is 3.67. The van der Waals surface area contributed by atoms with Crippen LogP contribution in [0.15, 0.2) is 0 Å². The number of carbonyl (C=O) groups is 2. The molecule has 0 aromatic rings. The Kier molecular flexibility index (Phi) is 4.76. The fraction of sp³-hybridized carbons (Fsp3) is 0.750. The molecule has 0 aromatic carbocycles. The van der Waals surface area contributed by atoms with Crippen molar-refractivity contribution < 1.29 is 14.3 Å². The summed E-state index contributed by atoms with van der Waals surface area (Å²) in [6.07, 6.45) is -0.684. The van der Waals surface area contributed by atoms with Crippen molar-refractivity contribution in [3.8, 4) is 0 Å². The van der Waals surface area contributed by atoms with Crippen LogP contribution in [0.4, 0.5) is 9.59 Å². The van der Waals surface area contributed by atoms with E-state index >= 15 is 0 Å². The third-order valence-corrected chi connectivity index (χ3v) is 1.04. The second-order valence-corrected chi connectivity index (χ2v) is 3.67. The highest BCUT2D eigenvalue weighted by atomic mass is 16.6. The number of ether oxygens (including phenoxy) is 1. The summed E-state index contributed by atoms with van der Waals surface area (Å²) in [7, 11) is 0. The molecule has 3 amide bonds. The van der Waals surface area contributed by atoms with E-state index in [0.717, 1.165) is 0 Å². The third kappa shape index (κ3) is 7.20. The number of nitrogens with one attached hydrogen (secondary N) is 3. The van der Waals surface area contributed by atoms with Crippen molar-refractivity contribution in [2.24, 2.45) is 0 Å². The fourth-order valence-electron chi connectivity index (χ4n) is 0.647. The topological polar surface area (TPSA) is 79.5 Å². The molecule has 0 radical (unpaired) electrons. The molecule has 0 atom stereocenters. The minimum absolute atomic E-state index is 0.258. The second kappa shape index (κ2) is 5.31. The summed E-state index contributed by atoms with van der Waals surface area (Å²) in [6, 6.07) is -0.481. The van der Waals surface area contributed by atoms with Crippen LogP contribution in [-0.4, -0.2) is 24.3 Å². The molecule has 6 heteroatoms. The third-order valence-electron chi connectivity index (χ3n) is 1.04. The first-order valence-corrected chi connectivity index (χ1v) is 4.36. The van der Waals surface area contributed by atoms with Gasteiger partial charge in [0.1, 0.15) is 0 Å². The molecular formula is C8H17N3O3. The van der Waals surface area contributed by atoms with Crippen molar-refractivity contribution in [3.63, 3.8) is 0 Å². The molecule has 0 aromatic heterocycles. The lowest BCUT2D eigenvalue weighted by atomic mass is 10.1. The van der Waals surface area contributed by atoms with Crippen LogP contribution in [0.25, 0.3) is 0 Å². The van der Waals surface area contributed by atoms with Gasteiger partial charge in [-0.1, -0.05) is 0 Å². The van der Waals surface area contributed by atoms with E-state index < -0.39 is 12.1 Å². The number of rotatable bonds is 1. The molecule has 0 bridgehead atoms. The molecule has 0 saturated carbocycles. The van der Waals surface area contributed by atoms with Crippen molar-refractivity contribution >= 4 is 12.1 Å². The number of hydrogen-bond donors (Lipinski definition) is 3. The molecule has 0 spiro atoms. The SMILES string of the molecule is CCOC(=O)NNC(=O)NC(C)(C)C. The Balaban J connectivity index is 3.70. The van der Waals surface area contributed by atoms with Gasteiger partial charge in [0, 0.05) is 5.54 Å². The van der Waals surface area contributed by atoms with Gasteiger partial charge in [-0.15, -0.1) is 0 Å². The van der Waals surface area contributed by atoms with Crippen molar-refractivity contribution in [3.05, 3.63) is 0 Å². The van der Waals surface area contributed by atoms with Crippen molar-refractivity contribution in [2.45, 2.75) is 33.2 Å². The summed E-state index contributed by atoms with van der Waals surface area (Å²) in [5.74, 6) is 0. The van der Waals surface area contributed by atoms with Gasteiger partial charge < -0.3 is 10.1 Å². The Labute approximate surface area is 83.4 Å². The molecule has 0 aliphatic rings. The minimum Gasteiger partial charge on any atom is -0.449 e. The Morgan fingerprint density at radius 2 is 1.79 bits per heavy atom. The number of urea groups is 1. The van der Waals surface area contributed by atoms with Gasteiger partial charge in [-0.2, -0.15) is 0 Å². The van der Waals surface area contributed by atoms with Crippen LogP contribution in [0, 0.1) is 0 Å². The molecule has 6 nitrogen and oxygen atoms in total. The molecule has 82 valence electrons. The molecule has 0 aliphatic carbocycles. The van der Waals surface area contributed by atoms with Crippen molar-refractivity contribution in [1.82, 2.24) is 16.2 Å². The van der Waals surface area contributed by atoms with Crippen molar-refractivity contribution in [2.75, 3.05) is 6.61 Å². The van der Waals surface area contributed by atoms with Gasteiger partial charge in [0.15, 0.2) is 0 Å². The van der Waals surface area contributed by atoms with E-state index in [0.29, 0.717) is 0 Å². The Morgan fingerprint density at radius 3 is 2.21 bits per heavy atom. The molecule has 0 fully saturated rings. The zero-order chi connectivity index (χ0) is 11.2. The first-order chi connectivity index (χ1) is 6.35. The zero-order valence-electron chi connectivity index (χ0n) is 8.93. The van der Waals surface area contributed by atoms with E-state index in [4.69, 9.17) is 0 Å².